The Morgan fingerprint density at radius 1 is 1.21 bits per heavy atom. The molecule has 154 valence electrons. The zero-order chi connectivity index (χ0) is 20.8. The van der Waals surface area contributed by atoms with E-state index in [1.807, 2.05) is 29.6 Å². The standard InChI is InChI=1S/C21H23BrN2O3S2/c1-2-27-20(26)17-16(13-8-10-15(22)11-9-13)12-29-19(17)24-21(28)23-18(25)14-6-4-3-5-7-14/h8-12,14H,2-7H2,1H3,(H2,23,24,25,28). The quantitative estimate of drug-likeness (QED) is 0.409. The third-order valence-electron chi connectivity index (χ3n) is 4.87. The molecule has 0 radical (unpaired) electrons. The molecule has 0 saturated heterocycles. The Morgan fingerprint density at radius 3 is 2.55 bits per heavy atom. The van der Waals surface area contributed by atoms with Gasteiger partial charge in [0.1, 0.15) is 10.6 Å². The summed E-state index contributed by atoms with van der Waals surface area (Å²) in [7, 11) is 0. The second-order valence-corrected chi connectivity index (χ2v) is 9.06. The second kappa shape index (κ2) is 10.3. The number of thiocarbonyl (C=S) groups is 1. The summed E-state index contributed by atoms with van der Waals surface area (Å²) in [6.07, 6.45) is 5.13. The molecule has 3 rings (SSSR count). The number of benzene rings is 1. The van der Waals surface area contributed by atoms with Crippen LogP contribution in [-0.4, -0.2) is 23.6 Å². The number of carbonyl (C=O) groups is 2. The Balaban J connectivity index is 1.79. The van der Waals surface area contributed by atoms with Crippen LogP contribution in [0.1, 0.15) is 49.4 Å². The smallest absolute Gasteiger partial charge is 0.341 e. The van der Waals surface area contributed by atoms with Gasteiger partial charge in [-0.15, -0.1) is 11.3 Å². The maximum Gasteiger partial charge on any atom is 0.341 e. The molecule has 0 bridgehead atoms. The van der Waals surface area contributed by atoms with Crippen LogP contribution >= 0.6 is 39.5 Å². The van der Waals surface area contributed by atoms with Gasteiger partial charge in [-0.25, -0.2) is 4.79 Å². The van der Waals surface area contributed by atoms with Crippen molar-refractivity contribution < 1.29 is 14.3 Å². The van der Waals surface area contributed by atoms with Crippen molar-refractivity contribution in [3.8, 4) is 11.1 Å². The van der Waals surface area contributed by atoms with Crippen LogP contribution in [-0.2, 0) is 9.53 Å². The first-order valence-corrected chi connectivity index (χ1v) is 11.7. The number of ether oxygens (including phenoxy) is 1. The van der Waals surface area contributed by atoms with E-state index < -0.39 is 5.97 Å². The minimum Gasteiger partial charge on any atom is -0.462 e. The molecule has 1 aromatic heterocycles. The number of amides is 1. The van der Waals surface area contributed by atoms with Crippen molar-refractivity contribution >= 4 is 61.5 Å². The lowest BCUT2D eigenvalue weighted by molar-refractivity contribution is -0.124. The highest BCUT2D eigenvalue weighted by atomic mass is 79.9. The molecule has 1 amide bonds. The van der Waals surface area contributed by atoms with Gasteiger partial charge >= 0.3 is 5.97 Å². The first kappa shape index (κ1) is 21.9. The minimum absolute atomic E-state index is 0.00897. The Hall–Kier alpha value is -1.77. The molecule has 8 heteroatoms. The number of nitrogens with one attached hydrogen (secondary N) is 2. The Bertz CT molecular complexity index is 890. The van der Waals surface area contributed by atoms with Crippen LogP contribution in [0.25, 0.3) is 11.1 Å². The van der Waals surface area contributed by atoms with Crippen molar-refractivity contribution in [1.82, 2.24) is 5.32 Å². The highest BCUT2D eigenvalue weighted by molar-refractivity contribution is 9.10. The fourth-order valence-corrected chi connectivity index (χ4v) is 4.90. The summed E-state index contributed by atoms with van der Waals surface area (Å²) in [4.78, 5) is 25.1. The lowest BCUT2D eigenvalue weighted by Crippen LogP contribution is -2.39. The van der Waals surface area contributed by atoms with E-state index in [1.165, 1.54) is 17.8 Å². The molecule has 1 aliphatic carbocycles. The van der Waals surface area contributed by atoms with E-state index in [0.717, 1.165) is 41.3 Å². The van der Waals surface area contributed by atoms with Crippen molar-refractivity contribution in [2.45, 2.75) is 39.0 Å². The average Bonchev–Trinajstić information content (AvgIpc) is 3.12. The van der Waals surface area contributed by atoms with Gasteiger partial charge in [-0.3, -0.25) is 4.79 Å². The fourth-order valence-electron chi connectivity index (χ4n) is 3.41. The fraction of sp³-hybridized carbons (Fsp3) is 0.381. The van der Waals surface area contributed by atoms with Gasteiger partial charge in [-0.2, -0.15) is 0 Å². The van der Waals surface area contributed by atoms with E-state index in [4.69, 9.17) is 17.0 Å². The van der Waals surface area contributed by atoms with Crippen molar-refractivity contribution in [2.24, 2.45) is 5.92 Å². The summed E-state index contributed by atoms with van der Waals surface area (Å²) in [6, 6.07) is 7.71. The molecule has 1 aliphatic rings. The van der Waals surface area contributed by atoms with Gasteiger partial charge in [-0.05, 0) is 49.7 Å². The van der Waals surface area contributed by atoms with Crippen LogP contribution in [0, 0.1) is 5.92 Å². The van der Waals surface area contributed by atoms with Crippen LogP contribution in [0.3, 0.4) is 0 Å². The minimum atomic E-state index is -0.421. The van der Waals surface area contributed by atoms with Crippen LogP contribution in [0.2, 0.25) is 0 Å². The number of thiophene rings is 1. The van der Waals surface area contributed by atoms with Crippen LogP contribution in [0.5, 0.6) is 0 Å². The normalized spacial score (nSPS) is 14.3. The zero-order valence-electron chi connectivity index (χ0n) is 16.1. The van der Waals surface area contributed by atoms with Gasteiger partial charge in [-0.1, -0.05) is 47.3 Å². The number of esters is 1. The van der Waals surface area contributed by atoms with E-state index >= 15 is 0 Å². The number of halogens is 1. The zero-order valence-corrected chi connectivity index (χ0v) is 19.3. The first-order chi connectivity index (χ1) is 14.0. The molecule has 1 aromatic carbocycles. The number of rotatable bonds is 5. The molecule has 1 fully saturated rings. The molecule has 2 N–H and O–H groups in total. The molecule has 29 heavy (non-hydrogen) atoms. The lowest BCUT2D eigenvalue weighted by atomic mass is 9.89. The maximum atomic E-state index is 12.6. The van der Waals surface area contributed by atoms with Crippen molar-refractivity contribution in [3.63, 3.8) is 0 Å². The van der Waals surface area contributed by atoms with Gasteiger partial charge in [0.15, 0.2) is 5.11 Å². The van der Waals surface area contributed by atoms with E-state index in [-0.39, 0.29) is 23.5 Å². The van der Waals surface area contributed by atoms with Crippen molar-refractivity contribution in [2.75, 3.05) is 11.9 Å². The molecule has 0 spiro atoms. The molecule has 1 saturated carbocycles. The molecule has 0 atom stereocenters. The molecule has 0 aliphatic heterocycles. The Labute approximate surface area is 188 Å². The summed E-state index contributed by atoms with van der Waals surface area (Å²) in [6.45, 7) is 2.04. The maximum absolute atomic E-state index is 12.6. The van der Waals surface area contributed by atoms with Crippen LogP contribution in [0.15, 0.2) is 34.1 Å². The predicted octanol–water partition coefficient (Wildman–Crippen LogP) is 5.75. The van der Waals surface area contributed by atoms with Crippen molar-refractivity contribution in [1.29, 1.82) is 0 Å². The van der Waals surface area contributed by atoms with E-state index in [1.54, 1.807) is 6.92 Å². The Morgan fingerprint density at radius 2 is 1.90 bits per heavy atom. The largest absolute Gasteiger partial charge is 0.462 e. The molecule has 2 aromatic rings. The molecule has 5 nitrogen and oxygen atoms in total. The SMILES string of the molecule is CCOC(=O)c1c(-c2ccc(Br)cc2)csc1NC(=S)NC(=O)C1CCCCC1. The van der Waals surface area contributed by atoms with E-state index in [2.05, 4.69) is 26.6 Å². The highest BCUT2D eigenvalue weighted by Gasteiger charge is 2.24. The van der Waals surface area contributed by atoms with Gasteiger partial charge < -0.3 is 15.4 Å². The highest BCUT2D eigenvalue weighted by Crippen LogP contribution is 2.36. The van der Waals surface area contributed by atoms with Gasteiger partial charge in [0.2, 0.25) is 5.91 Å². The second-order valence-electron chi connectivity index (χ2n) is 6.86. The average molecular weight is 495 g/mol. The van der Waals surface area contributed by atoms with Gasteiger partial charge in [0.05, 0.1) is 6.61 Å². The van der Waals surface area contributed by atoms with Crippen LogP contribution < -0.4 is 10.6 Å². The number of hydrogen-bond acceptors (Lipinski definition) is 5. The predicted molar refractivity (Wildman–Crippen MR) is 124 cm³/mol. The summed E-state index contributed by atoms with van der Waals surface area (Å²) in [5.41, 5.74) is 2.09. The summed E-state index contributed by atoms with van der Waals surface area (Å²) in [5.74, 6) is -0.463. The molecule has 0 unspecified atom stereocenters. The van der Waals surface area contributed by atoms with Gasteiger partial charge in [0, 0.05) is 21.3 Å². The van der Waals surface area contributed by atoms with E-state index in [9.17, 15) is 9.59 Å². The van der Waals surface area contributed by atoms with Gasteiger partial charge in [0.25, 0.3) is 0 Å². The Kier molecular flexibility index (Phi) is 7.80. The van der Waals surface area contributed by atoms with Crippen molar-refractivity contribution in [3.05, 3.63) is 39.7 Å². The monoisotopic (exact) mass is 494 g/mol. The summed E-state index contributed by atoms with van der Waals surface area (Å²) >= 11 is 10.1. The number of carbonyl (C=O) groups excluding carboxylic acids is 2. The third kappa shape index (κ3) is 5.65. The number of anilines is 1. The topological polar surface area (TPSA) is 67.4 Å². The summed E-state index contributed by atoms with van der Waals surface area (Å²) in [5, 5.41) is 8.47. The first-order valence-electron chi connectivity index (χ1n) is 9.66. The van der Waals surface area contributed by atoms with E-state index in [0.29, 0.717) is 10.6 Å². The van der Waals surface area contributed by atoms with Crippen LogP contribution in [0.4, 0.5) is 5.00 Å². The third-order valence-corrected chi connectivity index (χ3v) is 6.49. The summed E-state index contributed by atoms with van der Waals surface area (Å²) < 4.78 is 6.22. The molecule has 1 heterocycles. The lowest BCUT2D eigenvalue weighted by Gasteiger charge is -2.21. The number of hydrogen-bond donors (Lipinski definition) is 2. The molecular formula is C21H23BrN2O3S2. The molecular weight excluding hydrogens is 472 g/mol.